The van der Waals surface area contributed by atoms with Crippen molar-refractivity contribution in [3.63, 3.8) is 0 Å². The molecule has 1 aromatic rings. The first kappa shape index (κ1) is 11.6. The van der Waals surface area contributed by atoms with E-state index in [0.717, 1.165) is 11.1 Å². The highest BCUT2D eigenvalue weighted by molar-refractivity contribution is 5.73. The molecule has 7 heteroatoms. The molecule has 0 atom stereocenters. The zero-order valence-electron chi connectivity index (χ0n) is 8.82. The lowest BCUT2D eigenvalue weighted by Crippen LogP contribution is -2.24. The van der Waals surface area contributed by atoms with Gasteiger partial charge in [-0.2, -0.15) is 13.2 Å². The van der Waals surface area contributed by atoms with E-state index in [-0.39, 0.29) is 18.1 Å². The number of carbonyl (C=O) groups excluding carboxylic acids is 1. The Morgan fingerprint density at radius 2 is 2.12 bits per heavy atom. The normalized spacial score (nSPS) is 14.7. The van der Waals surface area contributed by atoms with Crippen molar-refractivity contribution in [2.24, 2.45) is 10.3 Å². The zero-order valence-corrected chi connectivity index (χ0v) is 8.82. The number of benzene rings is 1. The Morgan fingerprint density at radius 3 is 2.71 bits per heavy atom. The number of halogens is 3. The van der Waals surface area contributed by atoms with Crippen molar-refractivity contribution in [2.75, 3.05) is 0 Å². The number of hydrogen-bond acceptors (Lipinski definition) is 3. The van der Waals surface area contributed by atoms with E-state index in [1.807, 2.05) is 0 Å². The number of nitrogens with zero attached hydrogens (tertiary/aromatic N) is 3. The van der Waals surface area contributed by atoms with Gasteiger partial charge in [-0.1, -0.05) is 17.4 Å². The van der Waals surface area contributed by atoms with Crippen molar-refractivity contribution in [1.29, 1.82) is 0 Å². The van der Waals surface area contributed by atoms with E-state index in [0.29, 0.717) is 5.56 Å². The summed E-state index contributed by atoms with van der Waals surface area (Å²) in [6.45, 7) is 1.29. The van der Waals surface area contributed by atoms with E-state index in [9.17, 15) is 18.0 Å². The van der Waals surface area contributed by atoms with Crippen LogP contribution in [0.3, 0.4) is 0 Å². The molecule has 1 aliphatic rings. The van der Waals surface area contributed by atoms with Crippen LogP contribution in [-0.2, 0) is 17.5 Å². The van der Waals surface area contributed by atoms with Gasteiger partial charge in [-0.05, 0) is 6.07 Å². The summed E-state index contributed by atoms with van der Waals surface area (Å²) in [6, 6.07) is 3.74. The van der Waals surface area contributed by atoms with E-state index < -0.39 is 11.7 Å². The quantitative estimate of drug-likeness (QED) is 0.690. The number of rotatable bonds is 0. The number of alkyl halides is 3. The van der Waals surface area contributed by atoms with Gasteiger partial charge in [0.1, 0.15) is 5.69 Å². The fourth-order valence-electron chi connectivity index (χ4n) is 1.53. The van der Waals surface area contributed by atoms with Gasteiger partial charge < -0.3 is 0 Å². The first-order valence-corrected chi connectivity index (χ1v) is 4.78. The topological polar surface area (TPSA) is 45.0 Å². The van der Waals surface area contributed by atoms with Crippen LogP contribution in [0, 0.1) is 0 Å². The largest absolute Gasteiger partial charge is 0.418 e. The molecule has 0 aliphatic carbocycles. The molecule has 0 spiro atoms. The molecule has 90 valence electrons. The summed E-state index contributed by atoms with van der Waals surface area (Å²) < 4.78 is 37.9. The van der Waals surface area contributed by atoms with Crippen molar-refractivity contribution in [3.8, 4) is 0 Å². The SMILES string of the molecule is CC(=O)N1Cc2cccc(C(F)(F)F)c2N=N1. The van der Waals surface area contributed by atoms with Crippen LogP contribution in [0.15, 0.2) is 28.5 Å². The second-order valence-corrected chi connectivity index (χ2v) is 3.58. The molecule has 0 saturated heterocycles. The smallest absolute Gasteiger partial charge is 0.273 e. The molecule has 1 aromatic carbocycles. The third kappa shape index (κ3) is 2.13. The van der Waals surface area contributed by atoms with Gasteiger partial charge in [0, 0.05) is 12.5 Å². The van der Waals surface area contributed by atoms with Crippen LogP contribution in [0.4, 0.5) is 18.9 Å². The molecule has 0 aromatic heterocycles. The summed E-state index contributed by atoms with van der Waals surface area (Å²) in [7, 11) is 0. The van der Waals surface area contributed by atoms with Crippen LogP contribution in [0.25, 0.3) is 0 Å². The van der Waals surface area contributed by atoms with Crippen molar-refractivity contribution in [3.05, 3.63) is 29.3 Å². The number of amides is 1. The average molecular weight is 243 g/mol. The monoisotopic (exact) mass is 243 g/mol. The van der Waals surface area contributed by atoms with Gasteiger partial charge in [0.25, 0.3) is 0 Å². The first-order valence-electron chi connectivity index (χ1n) is 4.78. The Morgan fingerprint density at radius 1 is 1.41 bits per heavy atom. The van der Waals surface area contributed by atoms with Gasteiger partial charge in [0.15, 0.2) is 0 Å². The Balaban J connectivity index is 2.47. The predicted octanol–water partition coefficient (Wildman–Crippen LogP) is 3.07. The molecular formula is C10H8F3N3O. The van der Waals surface area contributed by atoms with Crippen molar-refractivity contribution < 1.29 is 18.0 Å². The van der Waals surface area contributed by atoms with Crippen LogP contribution in [-0.4, -0.2) is 10.9 Å². The van der Waals surface area contributed by atoms with E-state index in [2.05, 4.69) is 10.3 Å². The number of carbonyl (C=O) groups is 1. The maximum atomic E-state index is 12.6. The Labute approximate surface area is 94.7 Å². The van der Waals surface area contributed by atoms with Crippen LogP contribution in [0.1, 0.15) is 18.1 Å². The second kappa shape index (κ2) is 3.83. The maximum Gasteiger partial charge on any atom is 0.418 e. The molecular weight excluding hydrogens is 235 g/mol. The fourth-order valence-corrected chi connectivity index (χ4v) is 1.53. The minimum Gasteiger partial charge on any atom is -0.273 e. The summed E-state index contributed by atoms with van der Waals surface area (Å²) in [5, 5.41) is 7.94. The lowest BCUT2D eigenvalue weighted by Gasteiger charge is -2.21. The van der Waals surface area contributed by atoms with Gasteiger partial charge in [-0.15, -0.1) is 5.11 Å². The molecule has 0 N–H and O–H groups in total. The van der Waals surface area contributed by atoms with Crippen molar-refractivity contribution in [2.45, 2.75) is 19.6 Å². The third-order valence-corrected chi connectivity index (χ3v) is 2.36. The number of fused-ring (bicyclic) bond motifs is 1. The van der Waals surface area contributed by atoms with E-state index in [1.54, 1.807) is 0 Å². The van der Waals surface area contributed by atoms with Crippen LogP contribution < -0.4 is 0 Å². The molecule has 0 unspecified atom stereocenters. The summed E-state index contributed by atoms with van der Waals surface area (Å²) in [5.74, 6) is -0.364. The highest BCUT2D eigenvalue weighted by Crippen LogP contribution is 2.40. The number of hydrogen-bond donors (Lipinski definition) is 0. The van der Waals surface area contributed by atoms with Gasteiger partial charge in [0.2, 0.25) is 5.91 Å². The van der Waals surface area contributed by atoms with Crippen LogP contribution in [0.5, 0.6) is 0 Å². The molecule has 1 heterocycles. The van der Waals surface area contributed by atoms with Crippen LogP contribution >= 0.6 is 0 Å². The third-order valence-electron chi connectivity index (χ3n) is 2.36. The Bertz CT molecular complexity index is 496. The molecule has 0 radical (unpaired) electrons. The summed E-state index contributed by atoms with van der Waals surface area (Å²) in [4.78, 5) is 11.0. The molecule has 4 nitrogen and oxygen atoms in total. The second-order valence-electron chi connectivity index (χ2n) is 3.58. The lowest BCUT2D eigenvalue weighted by molar-refractivity contribution is -0.137. The van der Waals surface area contributed by atoms with Crippen molar-refractivity contribution in [1.82, 2.24) is 5.01 Å². The standard InChI is InChI=1S/C10H8F3N3O/c1-6(17)16-5-7-3-2-4-8(10(11,12)13)9(7)14-15-16/h2-4H,5H2,1H3. The highest BCUT2D eigenvalue weighted by atomic mass is 19.4. The molecule has 17 heavy (non-hydrogen) atoms. The molecule has 0 fully saturated rings. The summed E-state index contributed by atoms with van der Waals surface area (Å²) in [5.41, 5.74) is -0.704. The maximum absolute atomic E-state index is 12.6. The van der Waals surface area contributed by atoms with Gasteiger partial charge in [0.05, 0.1) is 12.1 Å². The van der Waals surface area contributed by atoms with Crippen molar-refractivity contribution >= 4 is 11.6 Å². The molecule has 1 amide bonds. The molecule has 0 bridgehead atoms. The Kier molecular flexibility index (Phi) is 2.60. The van der Waals surface area contributed by atoms with Gasteiger partial charge >= 0.3 is 6.18 Å². The summed E-state index contributed by atoms with van der Waals surface area (Å²) >= 11 is 0. The first-order chi connectivity index (χ1) is 7.89. The van der Waals surface area contributed by atoms with Gasteiger partial charge in [-0.25, -0.2) is 5.01 Å². The minimum atomic E-state index is -4.47. The molecule has 1 aliphatic heterocycles. The molecule has 2 rings (SSSR count). The highest BCUT2D eigenvalue weighted by Gasteiger charge is 2.35. The zero-order chi connectivity index (χ0) is 12.6. The Hall–Kier alpha value is -1.92. The van der Waals surface area contributed by atoms with Crippen LogP contribution in [0.2, 0.25) is 0 Å². The van der Waals surface area contributed by atoms with E-state index in [4.69, 9.17) is 0 Å². The molecule has 0 saturated carbocycles. The predicted molar refractivity (Wildman–Crippen MR) is 52.2 cm³/mol. The fraction of sp³-hybridized carbons (Fsp3) is 0.300. The minimum absolute atomic E-state index is 0.0120. The summed E-state index contributed by atoms with van der Waals surface area (Å²) in [6.07, 6.45) is -4.47. The van der Waals surface area contributed by atoms with Gasteiger partial charge in [-0.3, -0.25) is 4.79 Å². The van der Waals surface area contributed by atoms with E-state index >= 15 is 0 Å². The lowest BCUT2D eigenvalue weighted by atomic mass is 10.1. The average Bonchev–Trinajstić information content (AvgIpc) is 2.26. The van der Waals surface area contributed by atoms with E-state index in [1.165, 1.54) is 19.1 Å².